The monoisotopic (exact) mass is 404 g/mol. The minimum atomic E-state index is -3.55. The number of sulfonamides is 1. The Morgan fingerprint density at radius 2 is 1.92 bits per heavy atom. The second kappa shape index (κ2) is 8.60. The van der Waals surface area contributed by atoms with Crippen molar-refractivity contribution in [3.05, 3.63) is 41.5 Å². The summed E-state index contributed by atoms with van der Waals surface area (Å²) in [4.78, 5) is 8.29. The van der Waals surface area contributed by atoms with Gasteiger partial charge < -0.3 is 10.4 Å². The van der Waals surface area contributed by atoms with Crippen LogP contribution in [-0.2, 0) is 15.8 Å². The average Bonchev–Trinajstić information content (AvgIpc) is 2.52. The van der Waals surface area contributed by atoms with Crippen LogP contribution >= 0.6 is 11.8 Å². The number of rotatable bonds is 8. The van der Waals surface area contributed by atoms with Gasteiger partial charge >= 0.3 is 0 Å². The molecule has 0 aliphatic heterocycles. The van der Waals surface area contributed by atoms with E-state index in [2.05, 4.69) is 20.0 Å². The van der Waals surface area contributed by atoms with Crippen molar-refractivity contribution in [2.24, 2.45) is 0 Å². The van der Waals surface area contributed by atoms with Gasteiger partial charge in [-0.05, 0) is 18.6 Å². The Morgan fingerprint density at radius 1 is 1.23 bits per heavy atom. The van der Waals surface area contributed by atoms with Crippen LogP contribution in [0.2, 0.25) is 0 Å². The van der Waals surface area contributed by atoms with Crippen molar-refractivity contribution in [2.45, 2.75) is 23.9 Å². The number of aliphatic hydroxyl groups is 1. The van der Waals surface area contributed by atoms with Crippen LogP contribution in [0.3, 0.4) is 0 Å². The van der Waals surface area contributed by atoms with Gasteiger partial charge in [-0.2, -0.15) is 0 Å². The van der Waals surface area contributed by atoms with Crippen molar-refractivity contribution >= 4 is 33.4 Å². The van der Waals surface area contributed by atoms with Crippen molar-refractivity contribution in [1.29, 1.82) is 0 Å². The minimum absolute atomic E-state index is 0.0391. The van der Waals surface area contributed by atoms with Crippen molar-refractivity contribution in [1.82, 2.24) is 9.97 Å². The molecule has 1 heterocycles. The molecule has 1 atom stereocenters. The quantitative estimate of drug-likeness (QED) is 0.458. The summed E-state index contributed by atoms with van der Waals surface area (Å²) in [5.74, 6) is -0.887. The Kier molecular flexibility index (Phi) is 6.73. The van der Waals surface area contributed by atoms with E-state index in [0.29, 0.717) is 5.82 Å². The largest absolute Gasteiger partial charge is 0.394 e. The fourth-order valence-electron chi connectivity index (χ4n) is 1.88. The van der Waals surface area contributed by atoms with E-state index in [-0.39, 0.29) is 34.9 Å². The van der Waals surface area contributed by atoms with Crippen LogP contribution in [0, 0.1) is 11.6 Å². The molecule has 2 rings (SSSR count). The predicted molar refractivity (Wildman–Crippen MR) is 96.6 cm³/mol. The van der Waals surface area contributed by atoms with Crippen LogP contribution in [0.4, 0.5) is 20.4 Å². The van der Waals surface area contributed by atoms with Gasteiger partial charge in [-0.15, -0.1) is 0 Å². The fraction of sp³-hybridized carbons (Fsp3) is 0.333. The third-order valence-corrected chi connectivity index (χ3v) is 4.51. The number of benzene rings is 1. The summed E-state index contributed by atoms with van der Waals surface area (Å²) in [6.07, 6.45) is 0.985. The van der Waals surface area contributed by atoms with Gasteiger partial charge in [-0.25, -0.2) is 27.2 Å². The molecule has 0 unspecified atom stereocenters. The van der Waals surface area contributed by atoms with E-state index in [1.54, 1.807) is 6.92 Å². The molecule has 1 aromatic carbocycles. The summed E-state index contributed by atoms with van der Waals surface area (Å²) >= 11 is 1.06. The lowest BCUT2D eigenvalue weighted by Gasteiger charge is -2.14. The van der Waals surface area contributed by atoms with E-state index in [0.717, 1.165) is 30.2 Å². The first-order chi connectivity index (χ1) is 12.2. The number of hydrogen-bond acceptors (Lipinski definition) is 7. The normalized spacial score (nSPS) is 12.7. The highest BCUT2D eigenvalue weighted by molar-refractivity contribution is 7.98. The highest BCUT2D eigenvalue weighted by atomic mass is 32.2. The summed E-state index contributed by atoms with van der Waals surface area (Å²) in [6, 6.07) is 4.33. The number of hydrogen-bond donors (Lipinski definition) is 3. The van der Waals surface area contributed by atoms with Crippen LogP contribution in [0.1, 0.15) is 12.5 Å². The number of halogens is 2. The summed E-state index contributed by atoms with van der Waals surface area (Å²) in [6.45, 7) is 1.56. The van der Waals surface area contributed by atoms with Gasteiger partial charge in [0, 0.05) is 23.9 Å². The third kappa shape index (κ3) is 6.39. The molecule has 0 bridgehead atoms. The molecule has 3 N–H and O–H groups in total. The topological polar surface area (TPSA) is 104 Å². The van der Waals surface area contributed by atoms with Crippen LogP contribution < -0.4 is 10.0 Å². The summed E-state index contributed by atoms with van der Waals surface area (Å²) in [5.41, 5.74) is 0.264. The number of aliphatic hydroxyl groups excluding tert-OH is 1. The zero-order valence-electron chi connectivity index (χ0n) is 14.0. The highest BCUT2D eigenvalue weighted by Gasteiger charge is 2.12. The Labute approximate surface area is 154 Å². The summed E-state index contributed by atoms with van der Waals surface area (Å²) in [7, 11) is -3.55. The maximum atomic E-state index is 13.7. The first-order valence-electron chi connectivity index (χ1n) is 7.47. The average molecular weight is 404 g/mol. The zero-order chi connectivity index (χ0) is 19.3. The zero-order valence-corrected chi connectivity index (χ0v) is 15.7. The predicted octanol–water partition coefficient (Wildman–Crippen LogP) is 2.21. The van der Waals surface area contributed by atoms with Crippen LogP contribution in [-0.4, -0.2) is 42.4 Å². The Morgan fingerprint density at radius 3 is 2.54 bits per heavy atom. The van der Waals surface area contributed by atoms with Gasteiger partial charge in [-0.3, -0.25) is 4.72 Å². The van der Waals surface area contributed by atoms with E-state index in [1.165, 1.54) is 12.1 Å². The molecule has 2 aromatic rings. The molecule has 11 heteroatoms. The number of anilines is 2. The molecule has 0 fully saturated rings. The van der Waals surface area contributed by atoms with Gasteiger partial charge in [0.05, 0.1) is 12.9 Å². The van der Waals surface area contributed by atoms with E-state index in [4.69, 9.17) is 5.11 Å². The number of thioether (sulfide) groups is 1. The molecule has 0 aliphatic carbocycles. The third-order valence-electron chi connectivity index (χ3n) is 3.04. The molecule has 0 aliphatic rings. The second-order valence-corrected chi connectivity index (χ2v) is 8.24. The van der Waals surface area contributed by atoms with Gasteiger partial charge in [0.15, 0.2) is 5.16 Å². The maximum Gasteiger partial charge on any atom is 0.230 e. The Balaban J connectivity index is 2.24. The minimum Gasteiger partial charge on any atom is -0.394 e. The Bertz CT molecular complexity index is 881. The molecule has 0 amide bonds. The lowest BCUT2D eigenvalue weighted by molar-refractivity contribution is 0.281. The fourth-order valence-corrected chi connectivity index (χ4v) is 3.21. The first-order valence-corrected chi connectivity index (χ1v) is 10.3. The first kappa shape index (κ1) is 20.3. The van der Waals surface area contributed by atoms with Crippen LogP contribution in [0.15, 0.2) is 29.4 Å². The molecule has 142 valence electrons. The van der Waals surface area contributed by atoms with Crippen LogP contribution in [0.5, 0.6) is 0 Å². The smallest absolute Gasteiger partial charge is 0.230 e. The molecular weight excluding hydrogens is 386 g/mol. The molecule has 26 heavy (non-hydrogen) atoms. The number of nitrogens with one attached hydrogen (secondary N) is 2. The lowest BCUT2D eigenvalue weighted by atomic mass is 10.2. The van der Waals surface area contributed by atoms with Crippen LogP contribution in [0.25, 0.3) is 0 Å². The summed E-state index contributed by atoms with van der Waals surface area (Å²) < 4.78 is 51.8. The molecule has 0 saturated heterocycles. The van der Waals surface area contributed by atoms with Gasteiger partial charge in [0.1, 0.15) is 23.3 Å². The molecule has 0 radical (unpaired) electrons. The SMILES string of the molecule is C[C@H](CO)Nc1cc(NS(C)(=O)=O)nc(SCc2ccc(F)cc2F)n1. The van der Waals surface area contributed by atoms with E-state index in [9.17, 15) is 17.2 Å². The second-order valence-electron chi connectivity index (χ2n) is 5.55. The number of nitrogens with zero attached hydrogens (tertiary/aromatic N) is 2. The maximum absolute atomic E-state index is 13.7. The standard InChI is InChI=1S/C15H18F2N4O3S2/c1-9(7-22)18-13-6-14(21-26(2,23)24)20-15(19-13)25-8-10-3-4-11(16)5-12(10)17/h3-6,9,22H,7-8H2,1-2H3,(H2,18,19,20,21)/t9-/m1/s1. The van der Waals surface area contributed by atoms with Crippen molar-refractivity contribution in [2.75, 3.05) is 22.9 Å². The molecule has 0 spiro atoms. The van der Waals surface area contributed by atoms with Crippen molar-refractivity contribution in [3.63, 3.8) is 0 Å². The molecule has 1 aromatic heterocycles. The van der Waals surface area contributed by atoms with Gasteiger partial charge in [-0.1, -0.05) is 17.8 Å². The van der Waals surface area contributed by atoms with E-state index in [1.807, 2.05) is 0 Å². The molecule has 7 nitrogen and oxygen atoms in total. The van der Waals surface area contributed by atoms with Crippen molar-refractivity contribution < 1.29 is 22.3 Å². The van der Waals surface area contributed by atoms with Gasteiger partial charge in [0.2, 0.25) is 10.0 Å². The van der Waals surface area contributed by atoms with Crippen molar-refractivity contribution in [3.8, 4) is 0 Å². The molecule has 0 saturated carbocycles. The number of aromatic nitrogens is 2. The summed E-state index contributed by atoms with van der Waals surface area (Å²) in [5, 5.41) is 12.2. The molecular formula is C15H18F2N4O3S2. The van der Waals surface area contributed by atoms with Gasteiger partial charge in [0.25, 0.3) is 0 Å². The highest BCUT2D eigenvalue weighted by Crippen LogP contribution is 2.25. The lowest BCUT2D eigenvalue weighted by Crippen LogP contribution is -2.21. The Hall–Kier alpha value is -1.98. The van der Waals surface area contributed by atoms with E-state index >= 15 is 0 Å². The van der Waals surface area contributed by atoms with E-state index < -0.39 is 21.7 Å².